The van der Waals surface area contributed by atoms with Crippen LogP contribution in [0.3, 0.4) is 0 Å². The summed E-state index contributed by atoms with van der Waals surface area (Å²) >= 11 is 3.60. The SMILES string of the molecule is CNCc1sc(Cc2cccs2)nc1-c1ccccc1. The van der Waals surface area contributed by atoms with Crippen LogP contribution in [0.4, 0.5) is 0 Å². The minimum Gasteiger partial charge on any atom is -0.315 e. The van der Waals surface area contributed by atoms with Gasteiger partial charge in [0.2, 0.25) is 0 Å². The standard InChI is InChI=1S/C16H16N2S2/c1-17-11-14-16(12-6-3-2-4-7-12)18-15(20-14)10-13-8-5-9-19-13/h2-9,17H,10-11H2,1H3. The number of nitrogens with zero attached hydrogens (tertiary/aromatic N) is 1. The van der Waals surface area contributed by atoms with Crippen LogP contribution in [0.5, 0.6) is 0 Å². The Morgan fingerprint density at radius 2 is 1.95 bits per heavy atom. The minimum atomic E-state index is 0.867. The van der Waals surface area contributed by atoms with Crippen LogP contribution in [0.2, 0.25) is 0 Å². The second-order valence-corrected chi connectivity index (χ2v) is 6.73. The van der Waals surface area contributed by atoms with Gasteiger partial charge in [-0.2, -0.15) is 0 Å². The Morgan fingerprint density at radius 1 is 1.10 bits per heavy atom. The van der Waals surface area contributed by atoms with Gasteiger partial charge in [0.25, 0.3) is 0 Å². The highest BCUT2D eigenvalue weighted by Gasteiger charge is 2.12. The molecule has 0 aliphatic heterocycles. The van der Waals surface area contributed by atoms with E-state index in [-0.39, 0.29) is 0 Å². The highest BCUT2D eigenvalue weighted by atomic mass is 32.1. The molecule has 0 atom stereocenters. The summed E-state index contributed by atoms with van der Waals surface area (Å²) in [6.07, 6.45) is 0.936. The maximum atomic E-state index is 4.86. The van der Waals surface area contributed by atoms with Crippen molar-refractivity contribution in [3.63, 3.8) is 0 Å². The molecule has 0 bridgehead atoms. The molecular formula is C16H16N2S2. The molecule has 0 saturated carbocycles. The summed E-state index contributed by atoms with van der Waals surface area (Å²) in [4.78, 5) is 7.54. The first-order chi connectivity index (χ1) is 9.86. The van der Waals surface area contributed by atoms with Crippen molar-refractivity contribution in [3.05, 3.63) is 62.6 Å². The van der Waals surface area contributed by atoms with E-state index in [0.29, 0.717) is 0 Å². The van der Waals surface area contributed by atoms with Crippen molar-refractivity contribution in [2.75, 3.05) is 7.05 Å². The third kappa shape index (κ3) is 2.98. The van der Waals surface area contributed by atoms with Crippen molar-refractivity contribution in [2.45, 2.75) is 13.0 Å². The molecule has 0 unspecified atom stereocenters. The van der Waals surface area contributed by atoms with Crippen LogP contribution in [0.1, 0.15) is 14.8 Å². The molecule has 1 N–H and O–H groups in total. The van der Waals surface area contributed by atoms with Gasteiger partial charge in [0.05, 0.1) is 10.7 Å². The van der Waals surface area contributed by atoms with Crippen LogP contribution in [0, 0.1) is 0 Å². The van der Waals surface area contributed by atoms with Crippen LogP contribution < -0.4 is 5.32 Å². The van der Waals surface area contributed by atoms with E-state index >= 15 is 0 Å². The largest absolute Gasteiger partial charge is 0.315 e. The molecule has 0 radical (unpaired) electrons. The van der Waals surface area contributed by atoms with Gasteiger partial charge in [-0.1, -0.05) is 36.4 Å². The number of benzene rings is 1. The van der Waals surface area contributed by atoms with Gasteiger partial charge in [-0.25, -0.2) is 4.98 Å². The molecule has 20 heavy (non-hydrogen) atoms. The number of aromatic nitrogens is 1. The Morgan fingerprint density at radius 3 is 2.65 bits per heavy atom. The molecule has 0 aliphatic rings. The third-order valence-electron chi connectivity index (χ3n) is 3.03. The zero-order valence-corrected chi connectivity index (χ0v) is 12.9. The maximum absolute atomic E-state index is 4.86. The highest BCUT2D eigenvalue weighted by Crippen LogP contribution is 2.30. The summed E-state index contributed by atoms with van der Waals surface area (Å²) in [6, 6.07) is 14.7. The topological polar surface area (TPSA) is 24.9 Å². The second kappa shape index (κ2) is 6.31. The van der Waals surface area contributed by atoms with E-state index in [0.717, 1.165) is 18.7 Å². The van der Waals surface area contributed by atoms with Gasteiger partial charge in [0, 0.05) is 28.3 Å². The fraction of sp³-hybridized carbons (Fsp3) is 0.188. The number of hydrogen-bond acceptors (Lipinski definition) is 4. The summed E-state index contributed by atoms with van der Waals surface area (Å²) in [7, 11) is 1.98. The first kappa shape index (κ1) is 13.5. The van der Waals surface area contributed by atoms with E-state index in [1.165, 1.54) is 20.3 Å². The van der Waals surface area contributed by atoms with Crippen molar-refractivity contribution in [1.29, 1.82) is 0 Å². The lowest BCUT2D eigenvalue weighted by atomic mass is 10.1. The molecule has 3 aromatic rings. The number of thiazole rings is 1. The highest BCUT2D eigenvalue weighted by molar-refractivity contribution is 7.12. The second-order valence-electron chi connectivity index (χ2n) is 4.53. The summed E-state index contributed by atoms with van der Waals surface area (Å²) in [5.74, 6) is 0. The van der Waals surface area contributed by atoms with E-state index in [4.69, 9.17) is 4.98 Å². The molecule has 2 heterocycles. The molecule has 2 aromatic heterocycles. The summed E-state index contributed by atoms with van der Waals surface area (Å²) < 4.78 is 0. The van der Waals surface area contributed by atoms with Gasteiger partial charge in [0.1, 0.15) is 0 Å². The van der Waals surface area contributed by atoms with Gasteiger partial charge in [-0.15, -0.1) is 22.7 Å². The van der Waals surface area contributed by atoms with Gasteiger partial charge < -0.3 is 5.32 Å². The Hall–Kier alpha value is -1.49. The Balaban J connectivity index is 1.94. The van der Waals surface area contributed by atoms with Crippen molar-refractivity contribution in [3.8, 4) is 11.3 Å². The number of nitrogens with one attached hydrogen (secondary N) is 1. The molecule has 0 aliphatic carbocycles. The first-order valence-electron chi connectivity index (χ1n) is 6.58. The Kier molecular flexibility index (Phi) is 4.25. The molecule has 2 nitrogen and oxygen atoms in total. The van der Waals surface area contributed by atoms with E-state index in [1.54, 1.807) is 11.3 Å². The third-order valence-corrected chi connectivity index (χ3v) is 4.96. The monoisotopic (exact) mass is 300 g/mol. The zero-order valence-electron chi connectivity index (χ0n) is 11.3. The Bertz CT molecular complexity index is 657. The molecule has 0 amide bonds. The quantitative estimate of drug-likeness (QED) is 0.764. The minimum absolute atomic E-state index is 0.867. The van der Waals surface area contributed by atoms with E-state index in [9.17, 15) is 0 Å². The summed E-state index contributed by atoms with van der Waals surface area (Å²) in [6.45, 7) is 0.867. The summed E-state index contributed by atoms with van der Waals surface area (Å²) in [5, 5.41) is 6.55. The van der Waals surface area contributed by atoms with Crippen molar-refractivity contribution in [1.82, 2.24) is 10.3 Å². The van der Waals surface area contributed by atoms with Crippen LogP contribution in [-0.4, -0.2) is 12.0 Å². The molecule has 0 fully saturated rings. The zero-order chi connectivity index (χ0) is 13.8. The lowest BCUT2D eigenvalue weighted by Crippen LogP contribution is -2.04. The molecular weight excluding hydrogens is 284 g/mol. The predicted octanol–water partition coefficient (Wildman–Crippen LogP) is 4.18. The lowest BCUT2D eigenvalue weighted by molar-refractivity contribution is 0.831. The fourth-order valence-corrected chi connectivity index (χ4v) is 4.07. The van der Waals surface area contributed by atoms with Crippen molar-refractivity contribution < 1.29 is 0 Å². The first-order valence-corrected chi connectivity index (χ1v) is 8.27. The molecule has 4 heteroatoms. The van der Waals surface area contributed by atoms with E-state index < -0.39 is 0 Å². The molecule has 102 valence electrons. The van der Waals surface area contributed by atoms with Crippen LogP contribution in [0.15, 0.2) is 47.8 Å². The van der Waals surface area contributed by atoms with Gasteiger partial charge >= 0.3 is 0 Å². The average molecular weight is 300 g/mol. The molecule has 0 spiro atoms. The van der Waals surface area contributed by atoms with Gasteiger partial charge in [-0.05, 0) is 18.5 Å². The maximum Gasteiger partial charge on any atom is 0.0988 e. The van der Waals surface area contributed by atoms with Gasteiger partial charge in [-0.3, -0.25) is 0 Å². The van der Waals surface area contributed by atoms with Crippen LogP contribution >= 0.6 is 22.7 Å². The smallest absolute Gasteiger partial charge is 0.0988 e. The van der Waals surface area contributed by atoms with Crippen LogP contribution in [-0.2, 0) is 13.0 Å². The van der Waals surface area contributed by atoms with Crippen molar-refractivity contribution >= 4 is 22.7 Å². The lowest BCUT2D eigenvalue weighted by Gasteiger charge is -2.00. The number of hydrogen-bond donors (Lipinski definition) is 1. The Labute approximate surface area is 127 Å². The molecule has 1 aromatic carbocycles. The summed E-state index contributed by atoms with van der Waals surface area (Å²) in [5.41, 5.74) is 2.32. The predicted molar refractivity (Wildman–Crippen MR) is 87.4 cm³/mol. The van der Waals surface area contributed by atoms with Gasteiger partial charge in [0.15, 0.2) is 0 Å². The normalized spacial score (nSPS) is 10.8. The fourth-order valence-electron chi connectivity index (χ4n) is 2.14. The van der Waals surface area contributed by atoms with Crippen molar-refractivity contribution in [2.24, 2.45) is 0 Å². The van der Waals surface area contributed by atoms with Crippen LogP contribution in [0.25, 0.3) is 11.3 Å². The number of rotatable bonds is 5. The molecule has 3 rings (SSSR count). The molecule has 0 saturated heterocycles. The van der Waals surface area contributed by atoms with E-state index in [1.807, 2.05) is 24.5 Å². The average Bonchev–Trinajstić information content (AvgIpc) is 3.11. The van der Waals surface area contributed by atoms with E-state index in [2.05, 4.69) is 47.1 Å². The number of thiophene rings is 1.